The van der Waals surface area contributed by atoms with E-state index in [0.717, 1.165) is 44.8 Å². The summed E-state index contributed by atoms with van der Waals surface area (Å²) in [6.45, 7) is 11.6. The second kappa shape index (κ2) is 9.29. The topological polar surface area (TPSA) is 64.9 Å². The third-order valence-electron chi connectivity index (χ3n) is 7.43. The van der Waals surface area contributed by atoms with Crippen LogP contribution in [0.3, 0.4) is 0 Å². The van der Waals surface area contributed by atoms with Crippen LogP contribution in [0.5, 0.6) is 0 Å². The molecule has 0 atom stereocenters. The van der Waals surface area contributed by atoms with Gasteiger partial charge in [-0.2, -0.15) is 5.10 Å². The Hall–Kier alpha value is -3.06. The van der Waals surface area contributed by atoms with Crippen molar-refractivity contribution in [3.05, 3.63) is 54.4 Å². The number of piperazine rings is 1. The van der Waals surface area contributed by atoms with Gasteiger partial charge in [-0.15, -0.1) is 0 Å². The SMILES string of the molecule is CC(C)NC(=O)N1CCN(c2ccnn3cc(-c4ccc(C5(C)CCNCC5)cc4)cc23)CC1. The van der Waals surface area contributed by atoms with Crippen molar-refractivity contribution in [2.45, 2.75) is 45.1 Å². The molecule has 0 unspecified atom stereocenters. The monoisotopic (exact) mass is 460 g/mol. The first-order valence-corrected chi connectivity index (χ1v) is 12.5. The number of hydrogen-bond donors (Lipinski definition) is 2. The first-order chi connectivity index (χ1) is 16.4. The van der Waals surface area contributed by atoms with Gasteiger partial charge in [0.2, 0.25) is 0 Å². The van der Waals surface area contributed by atoms with Crippen molar-refractivity contribution >= 4 is 17.2 Å². The average molecular weight is 461 g/mol. The molecule has 4 heterocycles. The van der Waals surface area contributed by atoms with Crippen molar-refractivity contribution in [1.82, 2.24) is 25.1 Å². The summed E-state index contributed by atoms with van der Waals surface area (Å²) in [6, 6.07) is 13.6. The average Bonchev–Trinajstić information content (AvgIpc) is 3.29. The lowest BCUT2D eigenvalue weighted by molar-refractivity contribution is 0.192. The summed E-state index contributed by atoms with van der Waals surface area (Å²) in [5, 5.41) is 11.0. The zero-order valence-corrected chi connectivity index (χ0v) is 20.6. The summed E-state index contributed by atoms with van der Waals surface area (Å²) < 4.78 is 1.98. The number of fused-ring (bicyclic) bond motifs is 1. The highest BCUT2D eigenvalue weighted by Crippen LogP contribution is 2.35. The van der Waals surface area contributed by atoms with E-state index >= 15 is 0 Å². The summed E-state index contributed by atoms with van der Waals surface area (Å²) in [4.78, 5) is 16.6. The Morgan fingerprint density at radius 3 is 2.41 bits per heavy atom. The van der Waals surface area contributed by atoms with Gasteiger partial charge in [0.05, 0.1) is 11.2 Å². The van der Waals surface area contributed by atoms with Crippen molar-refractivity contribution in [2.24, 2.45) is 0 Å². The molecule has 2 amide bonds. The first kappa shape index (κ1) is 22.7. The maximum absolute atomic E-state index is 12.3. The number of rotatable bonds is 4. The van der Waals surface area contributed by atoms with Gasteiger partial charge in [-0.3, -0.25) is 0 Å². The minimum Gasteiger partial charge on any atom is -0.366 e. The standard InChI is InChI=1S/C27H36N6O/c1-20(2)30-26(34)32-16-14-31(15-17-32)24-8-11-29-33-19-22(18-25(24)33)21-4-6-23(7-5-21)27(3)9-12-28-13-10-27/h4-8,11,18-20,28H,9-10,12-17H2,1-3H3,(H,30,34). The summed E-state index contributed by atoms with van der Waals surface area (Å²) >= 11 is 0. The fourth-order valence-corrected chi connectivity index (χ4v) is 5.25. The third kappa shape index (κ3) is 4.49. The van der Waals surface area contributed by atoms with E-state index in [1.54, 1.807) is 0 Å². The van der Waals surface area contributed by atoms with Crippen molar-refractivity contribution in [2.75, 3.05) is 44.2 Å². The maximum atomic E-state index is 12.3. The van der Waals surface area contributed by atoms with Crippen LogP contribution in [0.2, 0.25) is 0 Å². The predicted molar refractivity (Wildman–Crippen MR) is 138 cm³/mol. The highest BCUT2D eigenvalue weighted by Gasteiger charge is 2.28. The molecule has 34 heavy (non-hydrogen) atoms. The molecule has 1 aromatic carbocycles. The first-order valence-electron chi connectivity index (χ1n) is 12.5. The number of aromatic nitrogens is 2. The van der Waals surface area contributed by atoms with Crippen LogP contribution in [0, 0.1) is 0 Å². The molecule has 2 saturated heterocycles. The van der Waals surface area contributed by atoms with Gasteiger partial charge in [0.25, 0.3) is 0 Å². The van der Waals surface area contributed by atoms with Gasteiger partial charge in [0.1, 0.15) is 0 Å². The number of benzene rings is 1. The molecule has 5 rings (SSSR count). The molecule has 0 aliphatic carbocycles. The Balaban J connectivity index is 1.34. The number of piperidine rings is 1. The fraction of sp³-hybridized carbons (Fsp3) is 0.481. The third-order valence-corrected chi connectivity index (χ3v) is 7.43. The number of urea groups is 1. The quantitative estimate of drug-likeness (QED) is 0.620. The second-order valence-corrected chi connectivity index (χ2v) is 10.2. The number of anilines is 1. The molecule has 2 aliphatic rings. The molecule has 2 N–H and O–H groups in total. The minimum atomic E-state index is 0.0290. The van der Waals surface area contributed by atoms with Crippen LogP contribution < -0.4 is 15.5 Å². The Labute approximate surface area is 202 Å². The van der Waals surface area contributed by atoms with Gasteiger partial charge in [-0.1, -0.05) is 31.2 Å². The van der Waals surface area contributed by atoms with E-state index in [1.807, 2.05) is 29.5 Å². The number of carbonyl (C=O) groups is 1. The fourth-order valence-electron chi connectivity index (χ4n) is 5.25. The number of nitrogens with zero attached hydrogens (tertiary/aromatic N) is 4. The summed E-state index contributed by atoms with van der Waals surface area (Å²) in [5.74, 6) is 0. The maximum Gasteiger partial charge on any atom is 0.317 e. The van der Waals surface area contributed by atoms with Crippen molar-refractivity contribution in [1.29, 1.82) is 0 Å². The molecule has 2 aromatic heterocycles. The van der Waals surface area contributed by atoms with E-state index in [0.29, 0.717) is 0 Å². The molecule has 180 valence electrons. The summed E-state index contributed by atoms with van der Waals surface area (Å²) in [7, 11) is 0. The Morgan fingerprint density at radius 2 is 1.74 bits per heavy atom. The van der Waals surface area contributed by atoms with Crippen LogP contribution in [0.1, 0.15) is 39.2 Å². The minimum absolute atomic E-state index is 0.0290. The van der Waals surface area contributed by atoms with Crippen LogP contribution in [0.25, 0.3) is 16.6 Å². The molecular weight excluding hydrogens is 424 g/mol. The van der Waals surface area contributed by atoms with Gasteiger partial charge in [-0.25, -0.2) is 9.31 Å². The van der Waals surface area contributed by atoms with Crippen LogP contribution in [-0.2, 0) is 5.41 Å². The number of hydrogen-bond acceptors (Lipinski definition) is 4. The highest BCUT2D eigenvalue weighted by molar-refractivity contribution is 5.80. The Bertz CT molecular complexity index is 1140. The van der Waals surface area contributed by atoms with Crippen LogP contribution in [0.15, 0.2) is 48.8 Å². The molecule has 7 heteroatoms. The lowest BCUT2D eigenvalue weighted by atomic mass is 9.75. The lowest BCUT2D eigenvalue weighted by Crippen LogP contribution is -2.53. The molecule has 0 bridgehead atoms. The molecule has 7 nitrogen and oxygen atoms in total. The normalized spacial score (nSPS) is 18.5. The van der Waals surface area contributed by atoms with Crippen molar-refractivity contribution in [3.8, 4) is 11.1 Å². The van der Waals surface area contributed by atoms with E-state index < -0.39 is 0 Å². The van der Waals surface area contributed by atoms with E-state index in [4.69, 9.17) is 0 Å². The van der Waals surface area contributed by atoms with Crippen molar-refractivity contribution in [3.63, 3.8) is 0 Å². The molecule has 0 radical (unpaired) electrons. The molecule has 2 aliphatic heterocycles. The number of amides is 2. The van der Waals surface area contributed by atoms with E-state index in [2.05, 4.69) is 70.2 Å². The van der Waals surface area contributed by atoms with Gasteiger partial charge in [0, 0.05) is 50.2 Å². The van der Waals surface area contributed by atoms with Gasteiger partial charge < -0.3 is 20.4 Å². The van der Waals surface area contributed by atoms with Crippen LogP contribution in [-0.4, -0.2) is 65.9 Å². The smallest absolute Gasteiger partial charge is 0.317 e. The highest BCUT2D eigenvalue weighted by atomic mass is 16.2. The lowest BCUT2D eigenvalue weighted by Gasteiger charge is -2.36. The molecule has 2 fully saturated rings. The zero-order chi connectivity index (χ0) is 23.7. The van der Waals surface area contributed by atoms with Gasteiger partial charge in [0.15, 0.2) is 0 Å². The van der Waals surface area contributed by atoms with Crippen LogP contribution in [0.4, 0.5) is 10.5 Å². The molecule has 0 saturated carbocycles. The van der Waals surface area contributed by atoms with E-state index in [1.165, 1.54) is 35.2 Å². The number of carbonyl (C=O) groups excluding carboxylic acids is 1. The summed E-state index contributed by atoms with van der Waals surface area (Å²) in [5.41, 5.74) is 6.36. The second-order valence-electron chi connectivity index (χ2n) is 10.2. The van der Waals surface area contributed by atoms with Gasteiger partial charge >= 0.3 is 6.03 Å². The zero-order valence-electron chi connectivity index (χ0n) is 20.6. The Kier molecular flexibility index (Phi) is 6.21. The van der Waals surface area contributed by atoms with E-state index in [9.17, 15) is 4.79 Å². The molecule has 0 spiro atoms. The Morgan fingerprint density at radius 1 is 1.03 bits per heavy atom. The predicted octanol–water partition coefficient (Wildman–Crippen LogP) is 3.88. The number of nitrogens with one attached hydrogen (secondary N) is 2. The van der Waals surface area contributed by atoms with Crippen molar-refractivity contribution < 1.29 is 4.79 Å². The summed E-state index contributed by atoms with van der Waals surface area (Å²) in [6.07, 6.45) is 6.35. The van der Waals surface area contributed by atoms with Crippen LogP contribution >= 0.6 is 0 Å². The molecule has 3 aromatic rings. The van der Waals surface area contributed by atoms with E-state index in [-0.39, 0.29) is 17.5 Å². The van der Waals surface area contributed by atoms with Gasteiger partial charge in [-0.05, 0) is 68.5 Å². The largest absolute Gasteiger partial charge is 0.366 e. The molecular formula is C27H36N6O.